The average Bonchev–Trinajstić information content (AvgIpc) is 3.35. The van der Waals surface area contributed by atoms with Crippen LogP contribution in [0.4, 0.5) is 5.82 Å². The number of fused-ring (bicyclic) bond motifs is 1. The summed E-state index contributed by atoms with van der Waals surface area (Å²) in [5.74, 6) is 2.56. The summed E-state index contributed by atoms with van der Waals surface area (Å²) in [5.41, 5.74) is 3.83. The summed E-state index contributed by atoms with van der Waals surface area (Å²) in [6, 6.07) is 13.4. The van der Waals surface area contributed by atoms with Gasteiger partial charge in [0.2, 0.25) is 0 Å². The molecule has 0 aliphatic carbocycles. The second-order valence-electron chi connectivity index (χ2n) is 8.68. The SMILES string of the molecule is COc1ccccc1CN1CCCc2c(C)nc(C3CCCN3C(=O)c3ccccn3)nc21. The Balaban J connectivity index is 1.47. The second-order valence-corrected chi connectivity index (χ2v) is 8.68. The predicted molar refractivity (Wildman–Crippen MR) is 126 cm³/mol. The van der Waals surface area contributed by atoms with E-state index in [1.54, 1.807) is 19.4 Å². The molecule has 2 aliphatic heterocycles. The fourth-order valence-electron chi connectivity index (χ4n) is 4.97. The van der Waals surface area contributed by atoms with Crippen LogP contribution in [0.15, 0.2) is 48.7 Å². The van der Waals surface area contributed by atoms with Gasteiger partial charge in [-0.2, -0.15) is 0 Å². The summed E-state index contributed by atoms with van der Waals surface area (Å²) in [7, 11) is 1.71. The molecular weight excluding hydrogens is 414 g/mol. The van der Waals surface area contributed by atoms with Crippen molar-refractivity contribution in [2.75, 3.05) is 25.1 Å². The lowest BCUT2D eigenvalue weighted by Crippen LogP contribution is -2.34. The third kappa shape index (κ3) is 4.15. The van der Waals surface area contributed by atoms with E-state index in [1.165, 1.54) is 5.56 Å². The molecule has 7 nitrogen and oxygen atoms in total. The molecule has 1 aromatic carbocycles. The largest absolute Gasteiger partial charge is 0.496 e. The number of benzene rings is 1. The molecule has 2 aliphatic rings. The summed E-state index contributed by atoms with van der Waals surface area (Å²) in [6.45, 7) is 4.43. The molecule has 0 spiro atoms. The summed E-state index contributed by atoms with van der Waals surface area (Å²) < 4.78 is 5.58. The van der Waals surface area contributed by atoms with Crippen molar-refractivity contribution in [3.8, 4) is 5.75 Å². The average molecular weight is 444 g/mol. The van der Waals surface area contributed by atoms with E-state index in [9.17, 15) is 4.79 Å². The van der Waals surface area contributed by atoms with Gasteiger partial charge in [-0.05, 0) is 50.8 Å². The van der Waals surface area contributed by atoms with Gasteiger partial charge >= 0.3 is 0 Å². The lowest BCUT2D eigenvalue weighted by atomic mass is 10.0. The Kier molecular flexibility index (Phi) is 5.94. The molecule has 0 saturated carbocycles. The van der Waals surface area contributed by atoms with E-state index in [0.717, 1.165) is 67.4 Å². The van der Waals surface area contributed by atoms with Gasteiger partial charge in [-0.25, -0.2) is 9.97 Å². The van der Waals surface area contributed by atoms with Crippen LogP contribution in [0.25, 0.3) is 0 Å². The Labute approximate surface area is 194 Å². The second kappa shape index (κ2) is 9.17. The fourth-order valence-corrected chi connectivity index (χ4v) is 4.97. The van der Waals surface area contributed by atoms with Crippen LogP contribution in [0, 0.1) is 6.92 Å². The van der Waals surface area contributed by atoms with Crippen LogP contribution < -0.4 is 9.64 Å². The molecule has 5 rings (SSSR count). The van der Waals surface area contributed by atoms with Gasteiger partial charge in [0.25, 0.3) is 5.91 Å². The van der Waals surface area contributed by atoms with Crippen molar-refractivity contribution in [3.63, 3.8) is 0 Å². The molecular formula is C26H29N5O2. The molecule has 0 bridgehead atoms. The van der Waals surface area contributed by atoms with Crippen molar-refractivity contribution in [2.24, 2.45) is 0 Å². The topological polar surface area (TPSA) is 71.5 Å². The van der Waals surface area contributed by atoms with Crippen molar-refractivity contribution in [3.05, 3.63) is 77.0 Å². The monoisotopic (exact) mass is 443 g/mol. The van der Waals surface area contributed by atoms with E-state index in [2.05, 4.69) is 22.9 Å². The van der Waals surface area contributed by atoms with Crippen molar-refractivity contribution in [2.45, 2.75) is 45.2 Å². The first-order chi connectivity index (χ1) is 16.2. The highest BCUT2D eigenvalue weighted by molar-refractivity contribution is 5.92. The van der Waals surface area contributed by atoms with E-state index in [-0.39, 0.29) is 11.9 Å². The lowest BCUT2D eigenvalue weighted by molar-refractivity contribution is 0.0723. The molecule has 1 atom stereocenters. The number of carbonyl (C=O) groups is 1. The van der Waals surface area contributed by atoms with Gasteiger partial charge in [0.05, 0.1) is 13.2 Å². The predicted octanol–water partition coefficient (Wildman–Crippen LogP) is 4.12. The molecule has 0 radical (unpaired) electrons. The lowest BCUT2D eigenvalue weighted by Gasteiger charge is -2.32. The molecule has 7 heteroatoms. The third-order valence-electron chi connectivity index (χ3n) is 6.61. The maximum Gasteiger partial charge on any atom is 0.273 e. The van der Waals surface area contributed by atoms with Gasteiger partial charge in [0.1, 0.15) is 17.3 Å². The number of anilines is 1. The normalized spacial score (nSPS) is 17.7. The zero-order valence-corrected chi connectivity index (χ0v) is 19.2. The Morgan fingerprint density at radius 2 is 1.94 bits per heavy atom. The number of pyridine rings is 1. The number of aromatic nitrogens is 3. The minimum absolute atomic E-state index is 0.0528. The van der Waals surface area contributed by atoms with E-state index >= 15 is 0 Å². The quantitative estimate of drug-likeness (QED) is 0.591. The Bertz CT molecular complexity index is 1150. The van der Waals surface area contributed by atoms with Crippen LogP contribution >= 0.6 is 0 Å². The fraction of sp³-hybridized carbons (Fsp3) is 0.385. The Hall–Kier alpha value is -3.48. The number of likely N-dealkylation sites (tertiary alicyclic amines) is 1. The van der Waals surface area contributed by atoms with Crippen LogP contribution in [0.2, 0.25) is 0 Å². The zero-order chi connectivity index (χ0) is 22.8. The number of aryl methyl sites for hydroxylation is 1. The van der Waals surface area contributed by atoms with E-state index in [1.807, 2.05) is 35.2 Å². The molecule has 1 fully saturated rings. The van der Waals surface area contributed by atoms with Crippen molar-refractivity contribution in [1.29, 1.82) is 0 Å². The highest BCUT2D eigenvalue weighted by Gasteiger charge is 2.34. The summed E-state index contributed by atoms with van der Waals surface area (Å²) >= 11 is 0. The van der Waals surface area contributed by atoms with Crippen LogP contribution in [0.5, 0.6) is 5.75 Å². The molecule has 1 amide bonds. The Morgan fingerprint density at radius 3 is 2.76 bits per heavy atom. The first-order valence-electron chi connectivity index (χ1n) is 11.6. The maximum absolute atomic E-state index is 13.2. The van der Waals surface area contributed by atoms with Crippen LogP contribution in [-0.2, 0) is 13.0 Å². The number of ether oxygens (including phenoxy) is 1. The van der Waals surface area contributed by atoms with E-state index < -0.39 is 0 Å². The van der Waals surface area contributed by atoms with Gasteiger partial charge in [0.15, 0.2) is 5.82 Å². The molecule has 4 heterocycles. The summed E-state index contributed by atoms with van der Waals surface area (Å²) in [5, 5.41) is 0. The smallest absolute Gasteiger partial charge is 0.273 e. The number of rotatable bonds is 5. The van der Waals surface area contributed by atoms with Gasteiger partial charge in [0, 0.05) is 42.7 Å². The number of hydrogen-bond donors (Lipinski definition) is 0. The van der Waals surface area contributed by atoms with Crippen LogP contribution in [-0.4, -0.2) is 46.0 Å². The highest BCUT2D eigenvalue weighted by Crippen LogP contribution is 2.35. The zero-order valence-electron chi connectivity index (χ0n) is 19.2. The molecule has 1 saturated heterocycles. The number of carbonyl (C=O) groups excluding carboxylic acids is 1. The summed E-state index contributed by atoms with van der Waals surface area (Å²) in [6.07, 6.45) is 5.51. The molecule has 0 N–H and O–H groups in total. The standard InChI is InChI=1S/C26H29N5O2/c1-18-20-10-7-15-30(17-19-9-3-4-13-23(19)33-2)25(20)29-24(28-18)22-12-8-16-31(22)26(32)21-11-5-6-14-27-21/h3-6,9,11,13-14,22H,7-8,10,12,15-17H2,1-2H3. The van der Waals surface area contributed by atoms with Gasteiger partial charge in [-0.3, -0.25) is 9.78 Å². The number of para-hydroxylation sites is 1. The number of methoxy groups -OCH3 is 1. The third-order valence-corrected chi connectivity index (χ3v) is 6.61. The number of nitrogens with zero attached hydrogens (tertiary/aromatic N) is 5. The van der Waals surface area contributed by atoms with Crippen molar-refractivity contribution < 1.29 is 9.53 Å². The molecule has 3 aromatic rings. The summed E-state index contributed by atoms with van der Waals surface area (Å²) in [4.78, 5) is 31.6. The van der Waals surface area contributed by atoms with Gasteiger partial charge < -0.3 is 14.5 Å². The molecule has 1 unspecified atom stereocenters. The minimum atomic E-state index is -0.126. The van der Waals surface area contributed by atoms with Gasteiger partial charge in [-0.15, -0.1) is 0 Å². The van der Waals surface area contributed by atoms with Crippen LogP contribution in [0.3, 0.4) is 0 Å². The van der Waals surface area contributed by atoms with E-state index in [0.29, 0.717) is 12.2 Å². The van der Waals surface area contributed by atoms with Crippen LogP contribution in [0.1, 0.15) is 58.4 Å². The highest BCUT2D eigenvalue weighted by atomic mass is 16.5. The van der Waals surface area contributed by atoms with E-state index in [4.69, 9.17) is 14.7 Å². The van der Waals surface area contributed by atoms with Crippen molar-refractivity contribution in [1.82, 2.24) is 19.9 Å². The first kappa shape index (κ1) is 21.4. The number of hydrogen-bond acceptors (Lipinski definition) is 6. The minimum Gasteiger partial charge on any atom is -0.496 e. The maximum atomic E-state index is 13.2. The van der Waals surface area contributed by atoms with Gasteiger partial charge in [-0.1, -0.05) is 24.3 Å². The first-order valence-corrected chi connectivity index (χ1v) is 11.6. The Morgan fingerprint density at radius 1 is 1.09 bits per heavy atom. The molecule has 33 heavy (non-hydrogen) atoms. The molecule has 170 valence electrons. The molecule has 2 aromatic heterocycles. The van der Waals surface area contributed by atoms with Crippen molar-refractivity contribution >= 4 is 11.7 Å². The number of amides is 1.